The Kier molecular flexibility index (Phi) is 9.80. The Labute approximate surface area is 235 Å². The SMILES string of the molecule is Cc1cccc(C2=NC=CC2C)n1.Cn1ccnc1-c1nccn1C.Cn1ccnc1-c1nccn1C.[Os]. The fourth-order valence-electron chi connectivity index (χ4n) is 3.77. The standard InChI is InChI=1S/C11H12N2.2C8H10N4.Os/c1-8-6-7-12-11(8)10-5-3-4-9(2)13-10;2*1-11-5-3-9-7(11)8-10-4-6-12(8)2;/h3-8H,1-2H3;2*3-6H,1-2H3;. The van der Waals surface area contributed by atoms with Crippen LogP contribution in [0.15, 0.2) is 85.0 Å². The monoisotopic (exact) mass is 688 g/mol. The zero-order valence-corrected chi connectivity index (χ0v) is 24.9. The summed E-state index contributed by atoms with van der Waals surface area (Å²) in [6, 6.07) is 6.03. The van der Waals surface area contributed by atoms with Crippen molar-refractivity contribution in [1.29, 1.82) is 0 Å². The summed E-state index contributed by atoms with van der Waals surface area (Å²) in [4.78, 5) is 25.5. The van der Waals surface area contributed by atoms with Gasteiger partial charge in [-0.3, -0.25) is 9.98 Å². The van der Waals surface area contributed by atoms with E-state index < -0.39 is 0 Å². The van der Waals surface area contributed by atoms with Gasteiger partial charge in [0.15, 0.2) is 23.3 Å². The number of imidazole rings is 4. The van der Waals surface area contributed by atoms with Crippen LogP contribution in [0.25, 0.3) is 23.3 Å². The molecule has 1 unspecified atom stereocenters. The third-order valence-electron chi connectivity index (χ3n) is 5.86. The van der Waals surface area contributed by atoms with Crippen LogP contribution in [0.2, 0.25) is 0 Å². The van der Waals surface area contributed by atoms with Crippen LogP contribution in [0.4, 0.5) is 0 Å². The van der Waals surface area contributed by atoms with Gasteiger partial charge in [0, 0.05) is 115 Å². The molecule has 5 aromatic rings. The van der Waals surface area contributed by atoms with Crippen molar-refractivity contribution in [3.05, 3.63) is 91.4 Å². The van der Waals surface area contributed by atoms with Crippen LogP contribution in [0.1, 0.15) is 18.3 Å². The van der Waals surface area contributed by atoms with Gasteiger partial charge in [0.05, 0.1) is 11.4 Å². The third kappa shape index (κ3) is 6.67. The summed E-state index contributed by atoms with van der Waals surface area (Å²) in [5, 5.41) is 0. The number of rotatable bonds is 3. The summed E-state index contributed by atoms with van der Waals surface area (Å²) in [5.74, 6) is 3.96. The first-order valence-electron chi connectivity index (χ1n) is 11.9. The Morgan fingerprint density at radius 1 is 0.658 bits per heavy atom. The maximum Gasteiger partial charge on any atom is 0.176 e. The van der Waals surface area contributed by atoms with Crippen LogP contribution in [-0.2, 0) is 48.0 Å². The topological polar surface area (TPSA) is 96.5 Å². The molecule has 6 rings (SSSR count). The van der Waals surface area contributed by atoms with E-state index >= 15 is 0 Å². The molecular formula is C27H32N10Os. The molecule has 0 fully saturated rings. The van der Waals surface area contributed by atoms with Gasteiger partial charge in [0.25, 0.3) is 0 Å². The predicted octanol–water partition coefficient (Wildman–Crippen LogP) is 3.98. The summed E-state index contributed by atoms with van der Waals surface area (Å²) in [6.45, 7) is 4.13. The van der Waals surface area contributed by atoms with Gasteiger partial charge in [-0.1, -0.05) is 19.1 Å². The largest absolute Gasteiger partial charge is 0.331 e. The number of aliphatic imine (C=N–C) groups is 1. The van der Waals surface area contributed by atoms with Gasteiger partial charge >= 0.3 is 0 Å². The first-order valence-corrected chi connectivity index (χ1v) is 11.9. The molecule has 11 heteroatoms. The fourth-order valence-corrected chi connectivity index (χ4v) is 3.77. The van der Waals surface area contributed by atoms with Crippen LogP contribution < -0.4 is 0 Å². The van der Waals surface area contributed by atoms with E-state index in [0.29, 0.717) is 5.92 Å². The molecule has 38 heavy (non-hydrogen) atoms. The van der Waals surface area contributed by atoms with Gasteiger partial charge < -0.3 is 18.3 Å². The van der Waals surface area contributed by atoms with Crippen molar-refractivity contribution in [3.63, 3.8) is 0 Å². The van der Waals surface area contributed by atoms with E-state index in [0.717, 1.165) is 40.4 Å². The van der Waals surface area contributed by atoms with Crippen LogP contribution in [0.3, 0.4) is 0 Å². The predicted molar refractivity (Wildman–Crippen MR) is 145 cm³/mol. The molecule has 10 nitrogen and oxygen atoms in total. The molecule has 0 N–H and O–H groups in total. The normalized spacial score (nSPS) is 13.6. The van der Waals surface area contributed by atoms with Crippen molar-refractivity contribution >= 4 is 5.71 Å². The molecular weight excluding hydrogens is 655 g/mol. The quantitative estimate of drug-likeness (QED) is 0.286. The number of pyridine rings is 1. The van der Waals surface area contributed by atoms with Crippen molar-refractivity contribution in [3.8, 4) is 23.3 Å². The van der Waals surface area contributed by atoms with Crippen molar-refractivity contribution in [2.75, 3.05) is 0 Å². The van der Waals surface area contributed by atoms with Gasteiger partial charge in [-0.05, 0) is 19.1 Å². The number of nitrogens with zero attached hydrogens (tertiary/aromatic N) is 10. The molecule has 0 radical (unpaired) electrons. The molecule has 0 saturated heterocycles. The molecule has 0 saturated carbocycles. The van der Waals surface area contributed by atoms with Crippen molar-refractivity contribution in [1.82, 2.24) is 43.2 Å². The van der Waals surface area contributed by atoms with Gasteiger partial charge in [0.2, 0.25) is 0 Å². The van der Waals surface area contributed by atoms with E-state index in [-0.39, 0.29) is 19.8 Å². The van der Waals surface area contributed by atoms with E-state index in [1.54, 1.807) is 24.8 Å². The van der Waals surface area contributed by atoms with E-state index in [2.05, 4.69) is 42.9 Å². The molecule has 6 heterocycles. The zero-order valence-electron chi connectivity index (χ0n) is 22.4. The first-order chi connectivity index (χ1) is 17.8. The minimum absolute atomic E-state index is 0. The van der Waals surface area contributed by atoms with Crippen molar-refractivity contribution in [2.45, 2.75) is 13.8 Å². The van der Waals surface area contributed by atoms with Crippen molar-refractivity contribution < 1.29 is 19.8 Å². The zero-order chi connectivity index (χ0) is 26.4. The minimum Gasteiger partial charge on any atom is -0.331 e. The number of hydrogen-bond donors (Lipinski definition) is 0. The van der Waals surface area contributed by atoms with Gasteiger partial charge in [-0.2, -0.15) is 0 Å². The molecule has 0 aliphatic carbocycles. The van der Waals surface area contributed by atoms with E-state index in [1.165, 1.54) is 0 Å². The van der Waals surface area contributed by atoms with Crippen LogP contribution in [0.5, 0.6) is 0 Å². The van der Waals surface area contributed by atoms with Gasteiger partial charge in [0.1, 0.15) is 0 Å². The molecule has 0 spiro atoms. The Balaban J connectivity index is 0.000000156. The van der Waals surface area contributed by atoms with Gasteiger partial charge in [-0.25, -0.2) is 19.9 Å². The van der Waals surface area contributed by atoms with Gasteiger partial charge in [-0.15, -0.1) is 0 Å². The maximum atomic E-state index is 4.43. The summed E-state index contributed by atoms with van der Waals surface area (Å²) in [5.41, 5.74) is 3.11. The molecule has 198 valence electrons. The maximum absolute atomic E-state index is 4.43. The molecule has 0 aromatic carbocycles. The smallest absolute Gasteiger partial charge is 0.176 e. The third-order valence-corrected chi connectivity index (χ3v) is 5.86. The molecule has 1 atom stereocenters. The molecule has 5 aromatic heterocycles. The van der Waals surface area contributed by atoms with Crippen LogP contribution >= 0.6 is 0 Å². The summed E-state index contributed by atoms with van der Waals surface area (Å²) in [6.07, 6.45) is 18.6. The molecule has 0 amide bonds. The second-order valence-corrected chi connectivity index (χ2v) is 8.76. The molecule has 1 aliphatic rings. The van der Waals surface area contributed by atoms with Crippen LogP contribution in [-0.4, -0.2) is 48.9 Å². The van der Waals surface area contributed by atoms with Crippen molar-refractivity contribution in [2.24, 2.45) is 39.1 Å². The number of hydrogen-bond acceptors (Lipinski definition) is 6. The summed E-state index contributed by atoms with van der Waals surface area (Å²) in [7, 11) is 7.82. The fraction of sp³-hybridized carbons (Fsp3) is 0.259. The molecule has 1 aliphatic heterocycles. The van der Waals surface area contributed by atoms with E-state index in [9.17, 15) is 0 Å². The summed E-state index contributed by atoms with van der Waals surface area (Å²) < 4.78 is 7.79. The second-order valence-electron chi connectivity index (χ2n) is 8.76. The Morgan fingerprint density at radius 3 is 1.37 bits per heavy atom. The number of allylic oxidation sites excluding steroid dienone is 1. The summed E-state index contributed by atoms with van der Waals surface area (Å²) >= 11 is 0. The van der Waals surface area contributed by atoms with E-state index in [4.69, 9.17) is 0 Å². The first kappa shape index (κ1) is 28.6. The number of aromatic nitrogens is 9. The van der Waals surface area contributed by atoms with E-state index in [1.807, 2.05) is 103 Å². The second kappa shape index (κ2) is 13.0. The minimum atomic E-state index is 0. The molecule has 0 bridgehead atoms. The van der Waals surface area contributed by atoms with Crippen LogP contribution in [0, 0.1) is 12.8 Å². The average molecular weight is 687 g/mol. The Bertz CT molecular complexity index is 1360. The Morgan fingerprint density at radius 2 is 1.08 bits per heavy atom. The Hall–Kier alpha value is -3.96. The average Bonchev–Trinajstić information content (AvgIpc) is 3.70. The number of aryl methyl sites for hydroxylation is 5.